The quantitative estimate of drug-likeness (QED) is 0.781. The van der Waals surface area contributed by atoms with E-state index in [9.17, 15) is 4.79 Å². The zero-order valence-corrected chi connectivity index (χ0v) is 10.7. The van der Waals surface area contributed by atoms with Gasteiger partial charge >= 0.3 is 0 Å². The van der Waals surface area contributed by atoms with E-state index >= 15 is 0 Å². The summed E-state index contributed by atoms with van der Waals surface area (Å²) in [5.74, 6) is 0. The van der Waals surface area contributed by atoms with Crippen LogP contribution in [0.5, 0.6) is 0 Å². The second-order valence-corrected chi connectivity index (χ2v) is 5.56. The van der Waals surface area contributed by atoms with Crippen molar-refractivity contribution in [2.24, 2.45) is 0 Å². The average Bonchev–Trinajstić information content (AvgIpc) is 2.25. The number of amides is 1. The standard InChI is InChI=1S/C12H17N3OS/c1-10-3-4-11(8-15-5-2-6-15)7-12(10)17(13)14-9-16/h3-4,7,9H,2,5-6,8H2,1H3,(H2,13,14,16). The van der Waals surface area contributed by atoms with E-state index in [-0.39, 0.29) is 0 Å². The van der Waals surface area contributed by atoms with Crippen molar-refractivity contribution in [3.8, 4) is 0 Å². The third-order valence-electron chi connectivity index (χ3n) is 2.99. The normalized spacial score (nSPS) is 17.2. The molecule has 4 nitrogen and oxygen atoms in total. The molecule has 1 fully saturated rings. The topological polar surface area (TPSA) is 56.2 Å². The van der Waals surface area contributed by atoms with Gasteiger partial charge in [-0.15, -0.1) is 0 Å². The van der Waals surface area contributed by atoms with Crippen LogP contribution in [-0.2, 0) is 22.2 Å². The first kappa shape index (κ1) is 12.3. The van der Waals surface area contributed by atoms with Crippen LogP contribution in [0.2, 0.25) is 0 Å². The largest absolute Gasteiger partial charge is 0.299 e. The Kier molecular flexibility index (Phi) is 3.91. The van der Waals surface area contributed by atoms with Gasteiger partial charge in [0.15, 0.2) is 0 Å². The molecule has 1 aliphatic heterocycles. The van der Waals surface area contributed by atoms with Gasteiger partial charge in [0.1, 0.15) is 0 Å². The zero-order chi connectivity index (χ0) is 12.3. The molecule has 0 radical (unpaired) electrons. The molecule has 0 aromatic heterocycles. The molecule has 1 unspecified atom stereocenters. The molecule has 92 valence electrons. The Morgan fingerprint density at radius 2 is 2.29 bits per heavy atom. The van der Waals surface area contributed by atoms with Gasteiger partial charge in [0.2, 0.25) is 6.41 Å². The minimum atomic E-state index is -0.941. The summed E-state index contributed by atoms with van der Waals surface area (Å²) in [6, 6.07) is 6.18. The Hall–Kier alpha value is -1.20. The molecule has 1 saturated heterocycles. The highest BCUT2D eigenvalue weighted by Gasteiger charge is 2.14. The van der Waals surface area contributed by atoms with E-state index in [2.05, 4.69) is 15.7 Å². The first-order chi connectivity index (χ1) is 8.20. The van der Waals surface area contributed by atoms with E-state index in [0.717, 1.165) is 17.0 Å². The van der Waals surface area contributed by atoms with Gasteiger partial charge in [0.25, 0.3) is 0 Å². The van der Waals surface area contributed by atoms with Gasteiger partial charge < -0.3 is 0 Å². The smallest absolute Gasteiger partial charge is 0.217 e. The molecule has 0 bridgehead atoms. The fraction of sp³-hybridized carbons (Fsp3) is 0.417. The van der Waals surface area contributed by atoms with E-state index in [1.165, 1.54) is 25.1 Å². The van der Waals surface area contributed by atoms with Crippen LogP contribution in [0, 0.1) is 11.7 Å². The number of carbonyl (C=O) groups is 1. The highest BCUT2D eigenvalue weighted by Crippen LogP contribution is 2.18. The number of nitrogens with zero attached hydrogens (tertiary/aromatic N) is 1. The molecule has 2 rings (SSSR count). The molecule has 1 aromatic rings. The molecule has 5 heteroatoms. The zero-order valence-electron chi connectivity index (χ0n) is 9.90. The highest BCUT2D eigenvalue weighted by atomic mass is 32.2. The van der Waals surface area contributed by atoms with Crippen LogP contribution >= 0.6 is 0 Å². The number of likely N-dealkylation sites (tertiary alicyclic amines) is 1. The molecule has 2 N–H and O–H groups in total. The molecule has 1 aromatic carbocycles. The van der Waals surface area contributed by atoms with E-state index in [1.807, 2.05) is 19.1 Å². The number of aryl methyl sites for hydroxylation is 1. The van der Waals surface area contributed by atoms with Crippen molar-refractivity contribution < 1.29 is 4.79 Å². The lowest BCUT2D eigenvalue weighted by Crippen LogP contribution is -2.36. The van der Waals surface area contributed by atoms with Gasteiger partial charge in [-0.3, -0.25) is 19.2 Å². The van der Waals surface area contributed by atoms with Gasteiger partial charge in [-0.05, 0) is 43.6 Å². The highest BCUT2D eigenvalue weighted by molar-refractivity contribution is 7.84. The number of carbonyl (C=O) groups excluding carboxylic acids is 1. The van der Waals surface area contributed by atoms with Crippen LogP contribution in [0.4, 0.5) is 0 Å². The summed E-state index contributed by atoms with van der Waals surface area (Å²) in [6.07, 6.45) is 1.88. The molecule has 1 heterocycles. The number of benzene rings is 1. The SMILES string of the molecule is Cc1ccc(CN2CCC2)cc1S(=N)NC=O. The van der Waals surface area contributed by atoms with Crippen LogP contribution in [0.3, 0.4) is 0 Å². The second-order valence-electron chi connectivity index (χ2n) is 4.27. The summed E-state index contributed by atoms with van der Waals surface area (Å²) in [6.45, 7) is 5.26. The predicted molar refractivity (Wildman–Crippen MR) is 68.6 cm³/mol. The van der Waals surface area contributed by atoms with Gasteiger partial charge in [-0.25, -0.2) is 0 Å². The van der Waals surface area contributed by atoms with Gasteiger partial charge in [-0.2, -0.15) is 0 Å². The summed E-state index contributed by atoms with van der Waals surface area (Å²) in [5.41, 5.74) is 2.28. The van der Waals surface area contributed by atoms with E-state index in [4.69, 9.17) is 4.78 Å². The summed E-state index contributed by atoms with van der Waals surface area (Å²) in [5, 5.41) is 0. The Balaban J connectivity index is 2.15. The third-order valence-corrected chi connectivity index (χ3v) is 4.20. The van der Waals surface area contributed by atoms with Crippen molar-refractivity contribution in [1.29, 1.82) is 4.78 Å². The lowest BCUT2D eigenvalue weighted by Gasteiger charge is -2.30. The van der Waals surface area contributed by atoms with Crippen LogP contribution < -0.4 is 4.72 Å². The van der Waals surface area contributed by atoms with Crippen LogP contribution in [0.25, 0.3) is 0 Å². The Bertz CT molecular complexity index is 443. The maximum absolute atomic E-state index is 10.4. The van der Waals surface area contributed by atoms with Crippen molar-refractivity contribution in [3.63, 3.8) is 0 Å². The second kappa shape index (κ2) is 5.42. The summed E-state index contributed by atoms with van der Waals surface area (Å²) in [7, 11) is -0.941. The summed E-state index contributed by atoms with van der Waals surface area (Å²) < 4.78 is 10.4. The minimum absolute atomic E-state index is 0.595. The number of hydrogen-bond acceptors (Lipinski definition) is 3. The monoisotopic (exact) mass is 251 g/mol. The summed E-state index contributed by atoms with van der Waals surface area (Å²) >= 11 is 0. The minimum Gasteiger partial charge on any atom is -0.299 e. The first-order valence-corrected chi connectivity index (χ1v) is 6.90. The van der Waals surface area contributed by atoms with Crippen molar-refractivity contribution in [2.75, 3.05) is 13.1 Å². The van der Waals surface area contributed by atoms with Crippen LogP contribution in [-0.4, -0.2) is 24.4 Å². The lowest BCUT2D eigenvalue weighted by molar-refractivity contribution is -0.107. The van der Waals surface area contributed by atoms with Gasteiger partial charge in [-0.1, -0.05) is 12.1 Å². The van der Waals surface area contributed by atoms with E-state index < -0.39 is 10.9 Å². The Morgan fingerprint density at radius 3 is 2.88 bits per heavy atom. The molecule has 0 spiro atoms. The van der Waals surface area contributed by atoms with Crippen molar-refractivity contribution >= 4 is 17.3 Å². The number of rotatable bonds is 5. The van der Waals surface area contributed by atoms with Crippen molar-refractivity contribution in [2.45, 2.75) is 24.8 Å². The molecular weight excluding hydrogens is 234 g/mol. The van der Waals surface area contributed by atoms with Gasteiger partial charge in [0.05, 0.1) is 0 Å². The van der Waals surface area contributed by atoms with Crippen molar-refractivity contribution in [1.82, 2.24) is 9.62 Å². The average molecular weight is 251 g/mol. The predicted octanol–water partition coefficient (Wildman–Crippen LogP) is 1.60. The first-order valence-electron chi connectivity index (χ1n) is 5.68. The lowest BCUT2D eigenvalue weighted by atomic mass is 10.1. The molecular formula is C12H17N3OS. The van der Waals surface area contributed by atoms with Crippen LogP contribution in [0.15, 0.2) is 23.1 Å². The molecule has 0 saturated carbocycles. The third kappa shape index (κ3) is 2.92. The fourth-order valence-corrected chi connectivity index (χ4v) is 2.75. The molecule has 1 amide bonds. The molecule has 1 atom stereocenters. The summed E-state index contributed by atoms with van der Waals surface area (Å²) in [4.78, 5) is 13.7. The Morgan fingerprint density at radius 1 is 1.53 bits per heavy atom. The fourth-order valence-electron chi connectivity index (χ4n) is 1.87. The number of nitrogens with one attached hydrogen (secondary N) is 2. The van der Waals surface area contributed by atoms with E-state index in [1.54, 1.807) is 0 Å². The molecule has 1 aliphatic rings. The van der Waals surface area contributed by atoms with Gasteiger partial charge in [0, 0.05) is 22.3 Å². The molecule has 17 heavy (non-hydrogen) atoms. The van der Waals surface area contributed by atoms with E-state index in [0.29, 0.717) is 6.41 Å². The van der Waals surface area contributed by atoms with Crippen molar-refractivity contribution in [3.05, 3.63) is 29.3 Å². The van der Waals surface area contributed by atoms with Crippen LogP contribution in [0.1, 0.15) is 17.5 Å². The molecule has 0 aliphatic carbocycles. The Labute approximate surface area is 104 Å². The maximum Gasteiger partial charge on any atom is 0.217 e. The maximum atomic E-state index is 10.4. The number of hydrogen-bond donors (Lipinski definition) is 2.